The minimum absolute atomic E-state index is 0.169. The van der Waals surface area contributed by atoms with Crippen molar-refractivity contribution in [3.05, 3.63) is 51.9 Å². The van der Waals surface area contributed by atoms with Crippen molar-refractivity contribution in [1.29, 1.82) is 0 Å². The lowest BCUT2D eigenvalue weighted by molar-refractivity contribution is -0.125. The number of alkyl halides is 2. The standard InChI is InChI=1S/C17H14Br2Cl2N2O3/c1-16(9-17(16,18)19)15(24)23-22-7-11-2-3-12(26-11)8-25-10-4-5-13(20)14(21)6-10/h2-7H,8-9H2,1H3,(H,23,24)/b22-7+. The predicted octanol–water partition coefficient (Wildman–Crippen LogP) is 5.51. The lowest BCUT2D eigenvalue weighted by Crippen LogP contribution is -2.29. The van der Waals surface area contributed by atoms with Gasteiger partial charge in [-0.05, 0) is 37.6 Å². The van der Waals surface area contributed by atoms with Gasteiger partial charge in [-0.25, -0.2) is 5.43 Å². The Morgan fingerprint density at radius 3 is 2.73 bits per heavy atom. The molecule has 26 heavy (non-hydrogen) atoms. The number of ether oxygens (including phenoxy) is 1. The van der Waals surface area contributed by atoms with Gasteiger partial charge in [0.2, 0.25) is 5.91 Å². The molecule has 1 aromatic carbocycles. The Hall–Kier alpha value is -1.02. The summed E-state index contributed by atoms with van der Waals surface area (Å²) in [4.78, 5) is 12.1. The number of hydrogen-bond acceptors (Lipinski definition) is 4. The van der Waals surface area contributed by atoms with Crippen LogP contribution in [0.4, 0.5) is 0 Å². The van der Waals surface area contributed by atoms with Gasteiger partial charge < -0.3 is 9.15 Å². The fourth-order valence-corrected chi connectivity index (χ4v) is 3.96. The second kappa shape index (κ2) is 7.54. The topological polar surface area (TPSA) is 63.8 Å². The molecule has 0 spiro atoms. The van der Waals surface area contributed by atoms with Gasteiger partial charge in [-0.2, -0.15) is 5.10 Å². The first kappa shape index (κ1) is 19.7. The van der Waals surface area contributed by atoms with Crippen molar-refractivity contribution in [2.45, 2.75) is 23.2 Å². The van der Waals surface area contributed by atoms with E-state index in [1.54, 1.807) is 30.3 Å². The van der Waals surface area contributed by atoms with Gasteiger partial charge in [0.05, 0.1) is 24.9 Å². The summed E-state index contributed by atoms with van der Waals surface area (Å²) in [6, 6.07) is 8.53. The normalized spacial score (nSPS) is 21.0. The Kier molecular flexibility index (Phi) is 5.72. The van der Waals surface area contributed by atoms with Crippen LogP contribution in [-0.4, -0.2) is 15.4 Å². The number of carbonyl (C=O) groups excluding carboxylic acids is 1. The van der Waals surface area contributed by atoms with Crippen LogP contribution < -0.4 is 10.2 Å². The van der Waals surface area contributed by atoms with Crippen LogP contribution in [0.5, 0.6) is 5.75 Å². The molecule has 2 aromatic rings. The number of hydrazone groups is 1. The monoisotopic (exact) mass is 522 g/mol. The third kappa shape index (κ3) is 4.27. The average molecular weight is 525 g/mol. The number of hydrogen-bond donors (Lipinski definition) is 1. The van der Waals surface area contributed by atoms with Gasteiger partial charge in [0.1, 0.15) is 23.9 Å². The van der Waals surface area contributed by atoms with E-state index in [-0.39, 0.29) is 15.7 Å². The first-order chi connectivity index (χ1) is 12.2. The van der Waals surface area contributed by atoms with Crippen LogP contribution in [0.1, 0.15) is 24.9 Å². The molecular weight excluding hydrogens is 511 g/mol. The fraction of sp³-hybridized carbons (Fsp3) is 0.294. The molecule has 1 fully saturated rings. The molecule has 1 saturated carbocycles. The average Bonchev–Trinajstić information content (AvgIpc) is 2.93. The Morgan fingerprint density at radius 2 is 2.08 bits per heavy atom. The summed E-state index contributed by atoms with van der Waals surface area (Å²) in [7, 11) is 0. The highest BCUT2D eigenvalue weighted by molar-refractivity contribution is 9.25. The molecule has 0 aliphatic heterocycles. The van der Waals surface area contributed by atoms with E-state index in [4.69, 9.17) is 32.4 Å². The fourth-order valence-electron chi connectivity index (χ4n) is 2.19. The summed E-state index contributed by atoms with van der Waals surface area (Å²) < 4.78 is 10.8. The Bertz CT molecular complexity index is 869. The van der Waals surface area contributed by atoms with E-state index in [1.807, 2.05) is 6.92 Å². The summed E-state index contributed by atoms with van der Waals surface area (Å²) in [6.07, 6.45) is 2.13. The zero-order valence-electron chi connectivity index (χ0n) is 13.6. The van der Waals surface area contributed by atoms with Gasteiger partial charge in [0.25, 0.3) is 0 Å². The second-order valence-corrected chi connectivity index (χ2v) is 10.7. The smallest absolute Gasteiger partial charge is 0.248 e. The third-order valence-electron chi connectivity index (χ3n) is 4.07. The van der Waals surface area contributed by atoms with E-state index in [1.165, 1.54) is 6.21 Å². The molecule has 1 atom stereocenters. The number of furan rings is 1. The molecule has 1 heterocycles. The maximum atomic E-state index is 12.1. The Labute approximate surface area is 177 Å². The molecule has 9 heteroatoms. The van der Waals surface area contributed by atoms with Crippen molar-refractivity contribution in [2.75, 3.05) is 0 Å². The molecule has 1 aliphatic rings. The maximum Gasteiger partial charge on any atom is 0.248 e. The van der Waals surface area contributed by atoms with Crippen LogP contribution in [0.25, 0.3) is 0 Å². The van der Waals surface area contributed by atoms with Crippen molar-refractivity contribution >= 4 is 67.2 Å². The van der Waals surface area contributed by atoms with E-state index < -0.39 is 5.41 Å². The minimum Gasteiger partial charge on any atom is -0.486 e. The molecule has 0 bridgehead atoms. The van der Waals surface area contributed by atoms with Gasteiger partial charge >= 0.3 is 0 Å². The van der Waals surface area contributed by atoms with Crippen LogP contribution in [0.15, 0.2) is 39.9 Å². The summed E-state index contributed by atoms with van der Waals surface area (Å²) in [5.74, 6) is 1.53. The highest BCUT2D eigenvalue weighted by Gasteiger charge is 2.66. The largest absolute Gasteiger partial charge is 0.486 e. The Balaban J connectivity index is 1.51. The molecule has 0 radical (unpaired) electrons. The molecular formula is C17H14Br2Cl2N2O3. The number of rotatable bonds is 6. The van der Waals surface area contributed by atoms with Crippen molar-refractivity contribution < 1.29 is 13.9 Å². The number of benzene rings is 1. The zero-order valence-corrected chi connectivity index (χ0v) is 18.2. The number of amides is 1. The number of carbonyl (C=O) groups is 1. The van der Waals surface area contributed by atoms with E-state index in [9.17, 15) is 4.79 Å². The van der Waals surface area contributed by atoms with Crippen molar-refractivity contribution in [1.82, 2.24) is 5.43 Å². The molecule has 1 aliphatic carbocycles. The molecule has 1 N–H and O–H groups in total. The molecule has 138 valence electrons. The van der Waals surface area contributed by atoms with Crippen LogP contribution in [0.3, 0.4) is 0 Å². The van der Waals surface area contributed by atoms with Crippen molar-refractivity contribution in [2.24, 2.45) is 10.5 Å². The van der Waals surface area contributed by atoms with Gasteiger partial charge in [0, 0.05) is 6.07 Å². The highest BCUT2D eigenvalue weighted by atomic mass is 79.9. The minimum atomic E-state index is -0.521. The van der Waals surface area contributed by atoms with Crippen molar-refractivity contribution in [3.8, 4) is 5.75 Å². The summed E-state index contributed by atoms with van der Waals surface area (Å²) in [5, 5.41) is 4.82. The van der Waals surface area contributed by atoms with Gasteiger partial charge in [-0.15, -0.1) is 0 Å². The van der Waals surface area contributed by atoms with Crippen LogP contribution >= 0.6 is 55.1 Å². The third-order valence-corrected chi connectivity index (χ3v) is 7.12. The molecule has 1 unspecified atom stereocenters. The number of nitrogens with one attached hydrogen (secondary N) is 1. The van der Waals surface area contributed by atoms with E-state index in [0.29, 0.717) is 33.7 Å². The molecule has 1 amide bonds. The lowest BCUT2D eigenvalue weighted by Gasteiger charge is -2.09. The molecule has 5 nitrogen and oxygen atoms in total. The van der Waals surface area contributed by atoms with E-state index in [2.05, 4.69) is 42.4 Å². The van der Waals surface area contributed by atoms with Crippen LogP contribution in [0.2, 0.25) is 10.0 Å². The second-order valence-electron chi connectivity index (χ2n) is 6.08. The summed E-state index contributed by atoms with van der Waals surface area (Å²) in [5.41, 5.74) is 2.00. The number of nitrogens with zero attached hydrogens (tertiary/aromatic N) is 1. The van der Waals surface area contributed by atoms with E-state index in [0.717, 1.165) is 0 Å². The SMILES string of the molecule is CC1(C(=O)N/N=C/c2ccc(COc3ccc(Cl)c(Cl)c3)o2)CC1(Br)Br. The van der Waals surface area contributed by atoms with Crippen LogP contribution in [-0.2, 0) is 11.4 Å². The van der Waals surface area contributed by atoms with Gasteiger partial charge in [-0.3, -0.25) is 4.79 Å². The maximum absolute atomic E-state index is 12.1. The first-order valence-corrected chi connectivity index (χ1v) is 9.93. The lowest BCUT2D eigenvalue weighted by atomic mass is 10.1. The quantitative estimate of drug-likeness (QED) is 0.308. The highest BCUT2D eigenvalue weighted by Crippen LogP contribution is 2.66. The summed E-state index contributed by atoms with van der Waals surface area (Å²) in [6.45, 7) is 2.08. The van der Waals surface area contributed by atoms with E-state index >= 15 is 0 Å². The number of halogens is 4. The molecule has 3 rings (SSSR count). The zero-order chi connectivity index (χ0) is 18.9. The van der Waals surface area contributed by atoms with Gasteiger partial charge in [-0.1, -0.05) is 55.1 Å². The van der Waals surface area contributed by atoms with Crippen LogP contribution in [0, 0.1) is 5.41 Å². The molecule has 0 saturated heterocycles. The summed E-state index contributed by atoms with van der Waals surface area (Å²) >= 11 is 18.7. The molecule has 1 aromatic heterocycles. The van der Waals surface area contributed by atoms with Gasteiger partial charge in [0.15, 0.2) is 0 Å². The van der Waals surface area contributed by atoms with Crippen molar-refractivity contribution in [3.63, 3.8) is 0 Å². The first-order valence-electron chi connectivity index (χ1n) is 7.59. The Morgan fingerprint density at radius 1 is 1.35 bits per heavy atom. The predicted molar refractivity (Wildman–Crippen MR) is 109 cm³/mol.